The summed E-state index contributed by atoms with van der Waals surface area (Å²) in [6, 6.07) is 18.3. The number of hydrogen-bond donors (Lipinski definition) is 1. The van der Waals surface area contributed by atoms with Gasteiger partial charge < -0.3 is 10.1 Å². The van der Waals surface area contributed by atoms with Gasteiger partial charge in [-0.3, -0.25) is 0 Å². The molecule has 24 heavy (non-hydrogen) atoms. The minimum atomic E-state index is 0.763. The smallest absolute Gasteiger partial charge is 0.123 e. The fourth-order valence-corrected chi connectivity index (χ4v) is 2.92. The van der Waals surface area contributed by atoms with Crippen molar-refractivity contribution in [1.82, 2.24) is 15.1 Å². The first-order valence-corrected chi connectivity index (χ1v) is 8.14. The van der Waals surface area contributed by atoms with Gasteiger partial charge in [-0.1, -0.05) is 36.4 Å². The zero-order valence-electron chi connectivity index (χ0n) is 14.4. The number of nitrogens with zero attached hydrogens (tertiary/aromatic N) is 2. The van der Waals surface area contributed by atoms with Crippen LogP contribution in [0.15, 0.2) is 54.6 Å². The lowest BCUT2D eigenvalue weighted by atomic mass is 10.1. The van der Waals surface area contributed by atoms with Crippen molar-refractivity contribution in [3.05, 3.63) is 77.1 Å². The van der Waals surface area contributed by atoms with Crippen LogP contribution in [0.4, 0.5) is 0 Å². The number of benzene rings is 2. The molecule has 1 heterocycles. The molecule has 124 valence electrons. The van der Waals surface area contributed by atoms with E-state index >= 15 is 0 Å². The van der Waals surface area contributed by atoms with E-state index in [-0.39, 0.29) is 0 Å². The number of hydrogen-bond acceptors (Lipinski definition) is 3. The third kappa shape index (κ3) is 3.34. The first-order valence-electron chi connectivity index (χ1n) is 8.14. The summed E-state index contributed by atoms with van der Waals surface area (Å²) in [6.07, 6.45) is 0. The minimum Gasteiger partial charge on any atom is -0.496 e. The molecule has 0 radical (unpaired) electrons. The van der Waals surface area contributed by atoms with Gasteiger partial charge in [-0.15, -0.1) is 0 Å². The Kier molecular flexibility index (Phi) is 4.96. The Hall–Kier alpha value is -2.59. The summed E-state index contributed by atoms with van der Waals surface area (Å²) in [5, 5.41) is 8.20. The van der Waals surface area contributed by atoms with Gasteiger partial charge in [0.15, 0.2) is 0 Å². The molecule has 0 fully saturated rings. The molecule has 4 nitrogen and oxygen atoms in total. The van der Waals surface area contributed by atoms with Gasteiger partial charge in [-0.2, -0.15) is 5.10 Å². The lowest BCUT2D eigenvalue weighted by Gasteiger charge is -2.10. The SMILES string of the molecule is COc1ccccc1CNCc1c(C)nn(-c2ccccc2)c1C. The topological polar surface area (TPSA) is 39.1 Å². The summed E-state index contributed by atoms with van der Waals surface area (Å²) in [5.41, 5.74) is 5.73. The van der Waals surface area contributed by atoms with Crippen molar-refractivity contribution in [1.29, 1.82) is 0 Å². The van der Waals surface area contributed by atoms with Crippen LogP contribution in [0.25, 0.3) is 5.69 Å². The molecule has 1 aromatic heterocycles. The van der Waals surface area contributed by atoms with Crippen LogP contribution in [0, 0.1) is 13.8 Å². The standard InChI is InChI=1S/C20H23N3O/c1-15-19(14-21-13-17-9-7-8-12-20(17)24-3)16(2)23(22-15)18-10-5-4-6-11-18/h4-12,21H,13-14H2,1-3H3. The molecular weight excluding hydrogens is 298 g/mol. The Bertz CT molecular complexity index is 809. The first kappa shape index (κ1) is 16.3. The fourth-order valence-electron chi connectivity index (χ4n) is 2.92. The van der Waals surface area contributed by atoms with Gasteiger partial charge in [-0.05, 0) is 32.0 Å². The predicted molar refractivity (Wildman–Crippen MR) is 96.6 cm³/mol. The molecule has 3 aromatic rings. The van der Waals surface area contributed by atoms with Crippen LogP contribution in [-0.2, 0) is 13.1 Å². The lowest BCUT2D eigenvalue weighted by Crippen LogP contribution is -2.14. The molecule has 0 amide bonds. The van der Waals surface area contributed by atoms with E-state index in [1.54, 1.807) is 7.11 Å². The van der Waals surface area contributed by atoms with E-state index in [0.29, 0.717) is 0 Å². The maximum absolute atomic E-state index is 5.40. The molecule has 0 aliphatic carbocycles. The van der Waals surface area contributed by atoms with Gasteiger partial charge in [-0.25, -0.2) is 4.68 Å². The van der Waals surface area contributed by atoms with Crippen molar-refractivity contribution in [3.8, 4) is 11.4 Å². The van der Waals surface area contributed by atoms with Gasteiger partial charge in [0.1, 0.15) is 5.75 Å². The van der Waals surface area contributed by atoms with E-state index < -0.39 is 0 Å². The third-order valence-corrected chi connectivity index (χ3v) is 4.25. The minimum absolute atomic E-state index is 0.763. The second-order valence-electron chi connectivity index (χ2n) is 5.81. The van der Waals surface area contributed by atoms with Crippen molar-refractivity contribution in [3.63, 3.8) is 0 Å². The molecule has 1 N–H and O–H groups in total. The largest absolute Gasteiger partial charge is 0.496 e. The molecule has 0 bridgehead atoms. The van der Waals surface area contributed by atoms with Crippen molar-refractivity contribution in [2.75, 3.05) is 7.11 Å². The summed E-state index contributed by atoms with van der Waals surface area (Å²) < 4.78 is 7.41. The summed E-state index contributed by atoms with van der Waals surface area (Å²) >= 11 is 0. The van der Waals surface area contributed by atoms with Crippen LogP contribution in [-0.4, -0.2) is 16.9 Å². The zero-order valence-corrected chi connectivity index (χ0v) is 14.4. The highest BCUT2D eigenvalue weighted by Gasteiger charge is 2.12. The van der Waals surface area contributed by atoms with Gasteiger partial charge in [0.25, 0.3) is 0 Å². The molecule has 0 spiro atoms. The summed E-state index contributed by atoms with van der Waals surface area (Å²) in [5.74, 6) is 0.915. The number of ether oxygens (including phenoxy) is 1. The van der Waals surface area contributed by atoms with E-state index in [2.05, 4.69) is 37.4 Å². The zero-order chi connectivity index (χ0) is 16.9. The molecule has 0 aliphatic heterocycles. The van der Waals surface area contributed by atoms with Crippen LogP contribution in [0.5, 0.6) is 5.75 Å². The van der Waals surface area contributed by atoms with E-state index in [1.807, 2.05) is 41.1 Å². The van der Waals surface area contributed by atoms with E-state index in [1.165, 1.54) is 11.3 Å². The fraction of sp³-hybridized carbons (Fsp3) is 0.250. The average Bonchev–Trinajstić information content (AvgIpc) is 2.91. The Morgan fingerprint density at radius 1 is 0.958 bits per heavy atom. The lowest BCUT2D eigenvalue weighted by molar-refractivity contribution is 0.407. The molecule has 0 unspecified atom stereocenters. The number of aromatic nitrogens is 2. The molecule has 0 saturated heterocycles. The van der Waals surface area contributed by atoms with Crippen LogP contribution in [0.3, 0.4) is 0 Å². The maximum Gasteiger partial charge on any atom is 0.123 e. The monoisotopic (exact) mass is 321 g/mol. The predicted octanol–water partition coefficient (Wildman–Crippen LogP) is 3.79. The summed E-state index contributed by atoms with van der Waals surface area (Å²) in [7, 11) is 1.71. The van der Waals surface area contributed by atoms with Crippen molar-refractivity contribution < 1.29 is 4.74 Å². The Balaban J connectivity index is 1.73. The van der Waals surface area contributed by atoms with Gasteiger partial charge in [0.2, 0.25) is 0 Å². The second kappa shape index (κ2) is 7.32. The highest BCUT2D eigenvalue weighted by Crippen LogP contribution is 2.19. The Morgan fingerprint density at radius 2 is 1.67 bits per heavy atom. The Morgan fingerprint density at radius 3 is 2.42 bits per heavy atom. The average molecular weight is 321 g/mol. The van der Waals surface area contributed by atoms with E-state index in [4.69, 9.17) is 9.84 Å². The second-order valence-corrected chi connectivity index (χ2v) is 5.81. The van der Waals surface area contributed by atoms with E-state index in [9.17, 15) is 0 Å². The number of aryl methyl sites for hydroxylation is 1. The van der Waals surface area contributed by atoms with Gasteiger partial charge >= 0.3 is 0 Å². The molecule has 2 aromatic carbocycles. The summed E-state index contributed by atoms with van der Waals surface area (Å²) in [4.78, 5) is 0. The van der Waals surface area contributed by atoms with Crippen molar-refractivity contribution >= 4 is 0 Å². The van der Waals surface area contributed by atoms with E-state index in [0.717, 1.165) is 35.8 Å². The highest BCUT2D eigenvalue weighted by molar-refractivity contribution is 5.37. The van der Waals surface area contributed by atoms with Crippen LogP contribution >= 0.6 is 0 Å². The van der Waals surface area contributed by atoms with Crippen molar-refractivity contribution in [2.45, 2.75) is 26.9 Å². The van der Waals surface area contributed by atoms with Gasteiger partial charge in [0.05, 0.1) is 18.5 Å². The molecular formula is C20H23N3O. The van der Waals surface area contributed by atoms with Crippen LogP contribution in [0.1, 0.15) is 22.5 Å². The maximum atomic E-state index is 5.40. The molecule has 0 atom stereocenters. The molecule has 3 rings (SSSR count). The molecule has 0 saturated carbocycles. The quantitative estimate of drug-likeness (QED) is 0.751. The first-order chi connectivity index (χ1) is 11.7. The Labute approximate surface area is 143 Å². The van der Waals surface area contributed by atoms with Crippen molar-refractivity contribution in [2.24, 2.45) is 0 Å². The van der Waals surface area contributed by atoms with Crippen LogP contribution < -0.4 is 10.1 Å². The normalized spacial score (nSPS) is 10.8. The highest BCUT2D eigenvalue weighted by atomic mass is 16.5. The number of rotatable bonds is 6. The third-order valence-electron chi connectivity index (χ3n) is 4.25. The number of methoxy groups -OCH3 is 1. The molecule has 4 heteroatoms. The van der Waals surface area contributed by atoms with Crippen LogP contribution in [0.2, 0.25) is 0 Å². The molecule has 0 aliphatic rings. The number of nitrogens with one attached hydrogen (secondary N) is 1. The van der Waals surface area contributed by atoms with Gasteiger partial charge in [0, 0.05) is 29.9 Å². The summed E-state index contributed by atoms with van der Waals surface area (Å²) in [6.45, 7) is 5.72. The number of para-hydroxylation sites is 2.